The van der Waals surface area contributed by atoms with Crippen molar-refractivity contribution in [3.05, 3.63) is 65.2 Å². The molecule has 1 aliphatic rings. The first-order valence-electron chi connectivity index (χ1n) is 9.08. The van der Waals surface area contributed by atoms with Crippen LogP contribution in [-0.2, 0) is 16.1 Å². The summed E-state index contributed by atoms with van der Waals surface area (Å²) in [5.74, 6) is 0.0601. The van der Waals surface area contributed by atoms with E-state index >= 15 is 0 Å². The van der Waals surface area contributed by atoms with Crippen LogP contribution in [0.25, 0.3) is 10.2 Å². The van der Waals surface area contributed by atoms with Crippen molar-refractivity contribution in [1.82, 2.24) is 9.88 Å². The molecule has 1 fully saturated rings. The molecule has 1 unspecified atom stereocenters. The molecule has 0 radical (unpaired) electrons. The molecule has 4 nitrogen and oxygen atoms in total. The Hall–Kier alpha value is -2.24. The van der Waals surface area contributed by atoms with Gasteiger partial charge in [-0.3, -0.25) is 4.79 Å². The maximum Gasteiger partial charge on any atom is 0.249 e. The van der Waals surface area contributed by atoms with E-state index in [-0.39, 0.29) is 18.6 Å². The molecule has 1 amide bonds. The van der Waals surface area contributed by atoms with E-state index in [4.69, 9.17) is 9.72 Å². The zero-order chi connectivity index (χ0) is 17.8. The minimum Gasteiger partial charge on any atom is -0.367 e. The van der Waals surface area contributed by atoms with Crippen molar-refractivity contribution in [2.45, 2.75) is 31.9 Å². The summed E-state index contributed by atoms with van der Waals surface area (Å²) in [6.45, 7) is 1.37. The van der Waals surface area contributed by atoms with Crippen LogP contribution >= 0.6 is 11.3 Å². The highest BCUT2D eigenvalue weighted by Gasteiger charge is 2.30. The van der Waals surface area contributed by atoms with Gasteiger partial charge in [0.15, 0.2) is 0 Å². The molecule has 3 aromatic rings. The first-order valence-corrected chi connectivity index (χ1v) is 9.89. The summed E-state index contributed by atoms with van der Waals surface area (Å²) < 4.78 is 6.85. The Morgan fingerprint density at radius 2 is 1.92 bits per heavy atom. The van der Waals surface area contributed by atoms with Crippen molar-refractivity contribution in [2.75, 3.05) is 13.2 Å². The molecule has 1 saturated heterocycles. The van der Waals surface area contributed by atoms with E-state index in [1.54, 1.807) is 11.3 Å². The highest BCUT2D eigenvalue weighted by atomic mass is 32.1. The SMILES string of the molecule is O=C(COCc1ccccc1)N1CCCCC1c1nc2ccccc2s1. The first-order chi connectivity index (χ1) is 12.8. The number of aromatic nitrogens is 1. The van der Waals surface area contributed by atoms with Crippen LogP contribution in [0.3, 0.4) is 0 Å². The summed E-state index contributed by atoms with van der Waals surface area (Å²) in [5, 5.41) is 1.04. The zero-order valence-corrected chi connectivity index (χ0v) is 15.5. The summed E-state index contributed by atoms with van der Waals surface area (Å²) in [6, 6.07) is 18.2. The molecule has 0 bridgehead atoms. The Kier molecular flexibility index (Phi) is 5.27. The highest BCUT2D eigenvalue weighted by Crippen LogP contribution is 2.35. The quantitative estimate of drug-likeness (QED) is 0.664. The van der Waals surface area contributed by atoms with E-state index in [1.165, 1.54) is 4.70 Å². The smallest absolute Gasteiger partial charge is 0.249 e. The average Bonchev–Trinajstić information content (AvgIpc) is 3.13. The van der Waals surface area contributed by atoms with Crippen molar-refractivity contribution >= 4 is 27.5 Å². The van der Waals surface area contributed by atoms with Crippen molar-refractivity contribution in [3.63, 3.8) is 0 Å². The standard InChI is InChI=1S/C21H22N2O2S/c24-20(15-25-14-16-8-2-1-3-9-16)23-13-7-6-11-18(23)21-22-17-10-4-5-12-19(17)26-21/h1-5,8-10,12,18H,6-7,11,13-15H2. The van der Waals surface area contributed by atoms with Crippen LogP contribution in [0, 0.1) is 0 Å². The minimum atomic E-state index is 0.0601. The molecule has 1 atom stereocenters. The van der Waals surface area contributed by atoms with Gasteiger partial charge in [-0.1, -0.05) is 42.5 Å². The van der Waals surface area contributed by atoms with Gasteiger partial charge in [0.05, 0.1) is 22.9 Å². The minimum absolute atomic E-state index is 0.0601. The average molecular weight is 366 g/mol. The molecule has 0 N–H and O–H groups in total. The third kappa shape index (κ3) is 3.79. The first kappa shape index (κ1) is 17.2. The second-order valence-corrected chi connectivity index (χ2v) is 7.66. The van der Waals surface area contributed by atoms with Crippen molar-refractivity contribution < 1.29 is 9.53 Å². The van der Waals surface area contributed by atoms with Crippen molar-refractivity contribution in [1.29, 1.82) is 0 Å². The van der Waals surface area contributed by atoms with Crippen LogP contribution in [-0.4, -0.2) is 28.9 Å². The third-order valence-electron chi connectivity index (χ3n) is 4.76. The van der Waals surface area contributed by atoms with E-state index in [9.17, 15) is 4.79 Å². The van der Waals surface area contributed by atoms with Gasteiger partial charge in [-0.25, -0.2) is 4.98 Å². The van der Waals surface area contributed by atoms with Gasteiger partial charge in [0, 0.05) is 6.54 Å². The fraction of sp³-hybridized carbons (Fsp3) is 0.333. The Bertz CT molecular complexity index is 845. The van der Waals surface area contributed by atoms with Crippen LogP contribution in [0.1, 0.15) is 35.9 Å². The van der Waals surface area contributed by atoms with Gasteiger partial charge in [0.25, 0.3) is 0 Å². The number of carbonyl (C=O) groups is 1. The number of thiazole rings is 1. The lowest BCUT2D eigenvalue weighted by Crippen LogP contribution is -2.40. The number of hydrogen-bond donors (Lipinski definition) is 0. The van der Waals surface area contributed by atoms with E-state index in [0.717, 1.165) is 41.9 Å². The Morgan fingerprint density at radius 1 is 1.12 bits per heavy atom. The van der Waals surface area contributed by atoms with Gasteiger partial charge in [0.1, 0.15) is 11.6 Å². The number of rotatable bonds is 5. The van der Waals surface area contributed by atoms with Crippen LogP contribution in [0.4, 0.5) is 0 Å². The fourth-order valence-electron chi connectivity index (χ4n) is 3.43. The van der Waals surface area contributed by atoms with Crippen LogP contribution < -0.4 is 0 Å². The van der Waals surface area contributed by atoms with Crippen LogP contribution in [0.5, 0.6) is 0 Å². The van der Waals surface area contributed by atoms with Gasteiger partial charge in [-0.2, -0.15) is 0 Å². The molecule has 0 aliphatic carbocycles. The monoisotopic (exact) mass is 366 g/mol. The summed E-state index contributed by atoms with van der Waals surface area (Å²) in [7, 11) is 0. The predicted octanol–water partition coefficient (Wildman–Crippen LogP) is 4.57. The molecule has 134 valence electrons. The molecule has 2 aromatic carbocycles. The van der Waals surface area contributed by atoms with Gasteiger partial charge in [-0.15, -0.1) is 11.3 Å². The van der Waals surface area contributed by atoms with Gasteiger partial charge in [-0.05, 0) is 37.0 Å². The number of fused-ring (bicyclic) bond motifs is 1. The fourth-order valence-corrected chi connectivity index (χ4v) is 4.55. The number of para-hydroxylation sites is 1. The van der Waals surface area contributed by atoms with Crippen molar-refractivity contribution in [2.24, 2.45) is 0 Å². The summed E-state index contributed by atoms with van der Waals surface area (Å²) in [6.07, 6.45) is 3.16. The number of ether oxygens (including phenoxy) is 1. The normalized spacial score (nSPS) is 17.5. The predicted molar refractivity (Wildman–Crippen MR) is 104 cm³/mol. The Labute approximate surface area is 157 Å². The van der Waals surface area contributed by atoms with E-state index in [1.807, 2.05) is 53.4 Å². The molecule has 0 saturated carbocycles. The maximum atomic E-state index is 12.8. The molecule has 2 heterocycles. The maximum absolute atomic E-state index is 12.8. The second kappa shape index (κ2) is 7.98. The number of benzene rings is 2. The Morgan fingerprint density at radius 3 is 2.77 bits per heavy atom. The number of carbonyl (C=O) groups excluding carboxylic acids is 1. The number of nitrogens with zero attached hydrogens (tertiary/aromatic N) is 2. The van der Waals surface area contributed by atoms with Crippen LogP contribution in [0.15, 0.2) is 54.6 Å². The van der Waals surface area contributed by atoms with Crippen LogP contribution in [0.2, 0.25) is 0 Å². The largest absolute Gasteiger partial charge is 0.367 e. The second-order valence-electron chi connectivity index (χ2n) is 6.60. The third-order valence-corrected chi connectivity index (χ3v) is 5.89. The molecular formula is C21H22N2O2S. The van der Waals surface area contributed by atoms with E-state index in [2.05, 4.69) is 6.07 Å². The summed E-state index contributed by atoms with van der Waals surface area (Å²) in [4.78, 5) is 19.5. The summed E-state index contributed by atoms with van der Waals surface area (Å²) >= 11 is 1.70. The molecule has 1 aromatic heterocycles. The lowest BCUT2D eigenvalue weighted by molar-refractivity contribution is -0.140. The highest BCUT2D eigenvalue weighted by molar-refractivity contribution is 7.18. The number of hydrogen-bond acceptors (Lipinski definition) is 4. The van der Waals surface area contributed by atoms with Gasteiger partial charge >= 0.3 is 0 Å². The number of amides is 1. The Balaban J connectivity index is 1.43. The number of likely N-dealkylation sites (tertiary alicyclic amines) is 1. The molecular weight excluding hydrogens is 344 g/mol. The lowest BCUT2D eigenvalue weighted by atomic mass is 10.0. The molecule has 0 spiro atoms. The van der Waals surface area contributed by atoms with E-state index in [0.29, 0.717) is 6.61 Å². The lowest BCUT2D eigenvalue weighted by Gasteiger charge is -2.34. The topological polar surface area (TPSA) is 42.4 Å². The zero-order valence-electron chi connectivity index (χ0n) is 14.6. The number of piperidine rings is 1. The molecule has 1 aliphatic heterocycles. The molecule has 26 heavy (non-hydrogen) atoms. The van der Waals surface area contributed by atoms with Gasteiger partial charge < -0.3 is 9.64 Å². The van der Waals surface area contributed by atoms with Crippen molar-refractivity contribution in [3.8, 4) is 0 Å². The van der Waals surface area contributed by atoms with E-state index < -0.39 is 0 Å². The summed E-state index contributed by atoms with van der Waals surface area (Å²) in [5.41, 5.74) is 2.10. The van der Waals surface area contributed by atoms with Gasteiger partial charge in [0.2, 0.25) is 5.91 Å². The molecule has 5 heteroatoms. The molecule has 4 rings (SSSR count).